The zero-order valence-corrected chi connectivity index (χ0v) is 12.7. The highest BCUT2D eigenvalue weighted by molar-refractivity contribution is 9.10. The van der Waals surface area contributed by atoms with Crippen LogP contribution in [0.2, 0.25) is 0 Å². The van der Waals surface area contributed by atoms with Gasteiger partial charge in [0.15, 0.2) is 0 Å². The number of benzene rings is 2. The highest BCUT2D eigenvalue weighted by atomic mass is 79.9. The highest BCUT2D eigenvalue weighted by Gasteiger charge is 2.02. The molecule has 0 saturated heterocycles. The number of carbonyl (C=O) groups excluding carboxylic acids is 1. The van der Waals surface area contributed by atoms with Crippen LogP contribution in [0.5, 0.6) is 0 Å². The molecule has 20 heavy (non-hydrogen) atoms. The SMILES string of the molecule is CN(NC(=O)/C=C/c1cccc(Br)c1)c1ccccc1. The van der Waals surface area contributed by atoms with Crippen LogP contribution >= 0.6 is 15.9 Å². The molecule has 0 aliphatic carbocycles. The van der Waals surface area contributed by atoms with Crippen molar-refractivity contribution in [1.82, 2.24) is 5.43 Å². The molecule has 2 aromatic carbocycles. The first-order valence-corrected chi connectivity index (χ1v) is 6.97. The van der Waals surface area contributed by atoms with E-state index < -0.39 is 0 Å². The quantitative estimate of drug-likeness (QED) is 0.685. The molecule has 1 amide bonds. The van der Waals surface area contributed by atoms with Crippen LogP contribution in [0.4, 0.5) is 5.69 Å². The van der Waals surface area contributed by atoms with Gasteiger partial charge in [-0.15, -0.1) is 0 Å². The Hall–Kier alpha value is -2.07. The summed E-state index contributed by atoms with van der Waals surface area (Å²) in [5.74, 6) is -0.170. The maximum atomic E-state index is 11.8. The number of nitrogens with zero attached hydrogens (tertiary/aromatic N) is 1. The Morgan fingerprint density at radius 1 is 1.15 bits per heavy atom. The van der Waals surface area contributed by atoms with Crippen molar-refractivity contribution in [3.8, 4) is 0 Å². The Bertz CT molecular complexity index is 611. The van der Waals surface area contributed by atoms with Crippen LogP contribution in [0, 0.1) is 0 Å². The van der Waals surface area contributed by atoms with Crippen molar-refractivity contribution in [3.05, 3.63) is 70.7 Å². The maximum Gasteiger partial charge on any atom is 0.262 e. The predicted octanol–water partition coefficient (Wildman–Crippen LogP) is 3.63. The summed E-state index contributed by atoms with van der Waals surface area (Å²) in [5, 5.41) is 1.69. The molecule has 0 saturated carbocycles. The van der Waals surface area contributed by atoms with Gasteiger partial charge in [0, 0.05) is 17.6 Å². The minimum Gasteiger partial charge on any atom is -0.288 e. The van der Waals surface area contributed by atoms with Crippen LogP contribution in [-0.4, -0.2) is 13.0 Å². The van der Waals surface area contributed by atoms with Gasteiger partial charge in [-0.2, -0.15) is 0 Å². The second-order valence-electron chi connectivity index (χ2n) is 4.26. The lowest BCUT2D eigenvalue weighted by molar-refractivity contribution is -0.116. The number of carbonyl (C=O) groups is 1. The van der Waals surface area contributed by atoms with Gasteiger partial charge in [0.2, 0.25) is 0 Å². The lowest BCUT2D eigenvalue weighted by Gasteiger charge is -2.18. The molecule has 0 heterocycles. The molecule has 0 bridgehead atoms. The second-order valence-corrected chi connectivity index (χ2v) is 5.17. The van der Waals surface area contributed by atoms with Gasteiger partial charge in [0.05, 0.1) is 5.69 Å². The van der Waals surface area contributed by atoms with Gasteiger partial charge < -0.3 is 0 Å². The van der Waals surface area contributed by atoms with Crippen molar-refractivity contribution >= 4 is 33.6 Å². The summed E-state index contributed by atoms with van der Waals surface area (Å²) >= 11 is 3.40. The molecule has 2 aromatic rings. The van der Waals surface area contributed by atoms with Crippen molar-refractivity contribution in [2.24, 2.45) is 0 Å². The average molecular weight is 331 g/mol. The third-order valence-corrected chi connectivity index (χ3v) is 3.19. The molecule has 0 radical (unpaired) electrons. The Kier molecular flexibility index (Phi) is 4.96. The van der Waals surface area contributed by atoms with E-state index in [-0.39, 0.29) is 5.91 Å². The summed E-state index contributed by atoms with van der Waals surface area (Å²) in [6.45, 7) is 0. The molecule has 102 valence electrons. The van der Waals surface area contributed by atoms with Gasteiger partial charge in [-0.3, -0.25) is 15.2 Å². The van der Waals surface area contributed by atoms with Crippen LogP contribution in [0.1, 0.15) is 5.56 Å². The van der Waals surface area contributed by atoms with Crippen LogP contribution in [0.3, 0.4) is 0 Å². The average Bonchev–Trinajstić information content (AvgIpc) is 2.46. The summed E-state index contributed by atoms with van der Waals surface area (Å²) in [6, 6.07) is 17.4. The molecule has 0 spiro atoms. The second kappa shape index (κ2) is 6.91. The standard InChI is InChI=1S/C16H15BrN2O/c1-19(15-8-3-2-4-9-15)18-16(20)11-10-13-6-5-7-14(17)12-13/h2-12H,1H3,(H,18,20)/b11-10+. The number of nitrogens with one attached hydrogen (secondary N) is 1. The monoisotopic (exact) mass is 330 g/mol. The van der Waals surface area contributed by atoms with E-state index in [4.69, 9.17) is 0 Å². The third kappa shape index (κ3) is 4.24. The van der Waals surface area contributed by atoms with E-state index in [0.717, 1.165) is 15.7 Å². The van der Waals surface area contributed by atoms with E-state index in [2.05, 4.69) is 21.4 Å². The van der Waals surface area contributed by atoms with Gasteiger partial charge in [0.25, 0.3) is 5.91 Å². The van der Waals surface area contributed by atoms with E-state index in [1.807, 2.05) is 54.6 Å². The van der Waals surface area contributed by atoms with Crippen molar-refractivity contribution < 1.29 is 4.79 Å². The highest BCUT2D eigenvalue weighted by Crippen LogP contribution is 2.12. The molecule has 3 nitrogen and oxygen atoms in total. The summed E-state index contributed by atoms with van der Waals surface area (Å²) < 4.78 is 0.987. The van der Waals surface area contributed by atoms with Gasteiger partial charge in [-0.1, -0.05) is 46.3 Å². The zero-order chi connectivity index (χ0) is 14.4. The summed E-state index contributed by atoms with van der Waals surface area (Å²) in [6.07, 6.45) is 3.29. The number of para-hydroxylation sites is 1. The predicted molar refractivity (Wildman–Crippen MR) is 86.2 cm³/mol. The number of rotatable bonds is 4. The van der Waals surface area contributed by atoms with Gasteiger partial charge in [-0.25, -0.2) is 0 Å². The van der Waals surface area contributed by atoms with Gasteiger partial charge >= 0.3 is 0 Å². The molecular formula is C16H15BrN2O. The first-order valence-electron chi connectivity index (χ1n) is 6.18. The summed E-state index contributed by atoms with van der Waals surface area (Å²) in [4.78, 5) is 11.8. The van der Waals surface area contributed by atoms with E-state index in [9.17, 15) is 4.79 Å². The van der Waals surface area contributed by atoms with Crippen molar-refractivity contribution in [2.45, 2.75) is 0 Å². The zero-order valence-electron chi connectivity index (χ0n) is 11.1. The van der Waals surface area contributed by atoms with Crippen LogP contribution in [0.25, 0.3) is 6.08 Å². The summed E-state index contributed by atoms with van der Waals surface area (Å²) in [5.41, 5.74) is 4.67. The fourth-order valence-corrected chi connectivity index (χ4v) is 2.12. The molecular weight excluding hydrogens is 316 g/mol. The van der Waals surface area contributed by atoms with Crippen LogP contribution < -0.4 is 10.4 Å². The third-order valence-electron chi connectivity index (χ3n) is 2.70. The molecule has 0 aliphatic heterocycles. The number of hydrazine groups is 1. The van der Waals surface area contributed by atoms with Crippen LogP contribution in [0.15, 0.2) is 65.1 Å². The minimum absolute atomic E-state index is 0.170. The van der Waals surface area contributed by atoms with Crippen LogP contribution in [-0.2, 0) is 4.79 Å². The number of amides is 1. The van der Waals surface area contributed by atoms with Crippen molar-refractivity contribution in [2.75, 3.05) is 12.1 Å². The normalized spacial score (nSPS) is 10.5. The Morgan fingerprint density at radius 2 is 1.90 bits per heavy atom. The molecule has 0 aromatic heterocycles. The first-order chi connectivity index (χ1) is 9.65. The number of halogens is 1. The van der Waals surface area contributed by atoms with Gasteiger partial charge in [0.1, 0.15) is 0 Å². The Labute approximate surface area is 127 Å². The smallest absolute Gasteiger partial charge is 0.262 e. The maximum absolute atomic E-state index is 11.8. The Morgan fingerprint density at radius 3 is 2.60 bits per heavy atom. The molecule has 0 atom stereocenters. The number of anilines is 1. The molecule has 1 N–H and O–H groups in total. The van der Waals surface area contributed by atoms with E-state index in [0.29, 0.717) is 0 Å². The van der Waals surface area contributed by atoms with E-state index in [1.165, 1.54) is 6.08 Å². The topological polar surface area (TPSA) is 32.3 Å². The Balaban J connectivity index is 1.96. The largest absolute Gasteiger partial charge is 0.288 e. The number of hydrogen-bond donors (Lipinski definition) is 1. The lowest BCUT2D eigenvalue weighted by atomic mass is 10.2. The molecule has 2 rings (SSSR count). The number of hydrogen-bond acceptors (Lipinski definition) is 2. The van der Waals surface area contributed by atoms with E-state index >= 15 is 0 Å². The van der Waals surface area contributed by atoms with E-state index in [1.54, 1.807) is 18.1 Å². The summed E-state index contributed by atoms with van der Waals surface area (Å²) in [7, 11) is 1.81. The van der Waals surface area contributed by atoms with Crippen molar-refractivity contribution in [1.29, 1.82) is 0 Å². The molecule has 0 aliphatic rings. The van der Waals surface area contributed by atoms with Crippen molar-refractivity contribution in [3.63, 3.8) is 0 Å². The molecule has 0 fully saturated rings. The molecule has 0 unspecified atom stereocenters. The fourth-order valence-electron chi connectivity index (χ4n) is 1.70. The first kappa shape index (κ1) is 14.3. The lowest BCUT2D eigenvalue weighted by Crippen LogP contribution is -2.38. The molecule has 4 heteroatoms. The minimum atomic E-state index is -0.170. The fraction of sp³-hybridized carbons (Fsp3) is 0.0625. The van der Waals surface area contributed by atoms with Gasteiger partial charge in [-0.05, 0) is 35.9 Å².